The maximum Gasteiger partial charge on any atom is 0.258 e. The highest BCUT2D eigenvalue weighted by Gasteiger charge is 2.20. The molecule has 6 nitrogen and oxygen atoms in total. The molecule has 0 spiro atoms. The minimum atomic E-state index is -0.704. The number of ether oxygens (including phenoxy) is 3. The zero-order valence-corrected chi connectivity index (χ0v) is 15.8. The van der Waals surface area contributed by atoms with Gasteiger partial charge in [-0.25, -0.2) is 0 Å². The fourth-order valence-electron chi connectivity index (χ4n) is 2.74. The predicted octanol–water partition coefficient (Wildman–Crippen LogP) is 4.00. The van der Waals surface area contributed by atoms with E-state index >= 15 is 0 Å². The summed E-state index contributed by atoms with van der Waals surface area (Å²) in [6, 6.07) is 18.3. The third-order valence-electron chi connectivity index (χ3n) is 4.15. The van der Waals surface area contributed by atoms with Crippen molar-refractivity contribution < 1.29 is 19.0 Å². The van der Waals surface area contributed by atoms with Gasteiger partial charge in [0, 0.05) is 31.3 Å². The maximum absolute atomic E-state index is 12.7. The van der Waals surface area contributed by atoms with E-state index in [0.717, 1.165) is 11.1 Å². The molecule has 0 fully saturated rings. The van der Waals surface area contributed by atoms with Crippen LogP contribution in [0.5, 0.6) is 11.5 Å². The number of pyridine rings is 1. The lowest BCUT2D eigenvalue weighted by atomic mass is 10.1. The Bertz CT molecular complexity index is 901. The Kier molecular flexibility index (Phi) is 6.59. The predicted molar refractivity (Wildman–Crippen MR) is 106 cm³/mol. The summed E-state index contributed by atoms with van der Waals surface area (Å²) < 4.78 is 16.6. The van der Waals surface area contributed by atoms with Crippen LogP contribution in [0.1, 0.15) is 17.2 Å². The molecule has 28 heavy (non-hydrogen) atoms. The summed E-state index contributed by atoms with van der Waals surface area (Å²) in [5.74, 6) is 0.850. The van der Waals surface area contributed by atoms with Crippen molar-refractivity contribution in [3.63, 3.8) is 0 Å². The molecule has 0 radical (unpaired) electrons. The van der Waals surface area contributed by atoms with E-state index in [1.54, 1.807) is 37.7 Å². The number of amides is 1. The van der Waals surface area contributed by atoms with Crippen molar-refractivity contribution in [2.24, 2.45) is 0 Å². The Hall–Kier alpha value is -3.38. The average Bonchev–Trinajstić information content (AvgIpc) is 2.74. The summed E-state index contributed by atoms with van der Waals surface area (Å²) in [6.07, 6.45) is 2.71. The van der Waals surface area contributed by atoms with Crippen LogP contribution < -0.4 is 14.8 Å². The number of methoxy groups -OCH3 is 2. The van der Waals surface area contributed by atoms with Crippen LogP contribution in [0.3, 0.4) is 0 Å². The number of aromatic nitrogens is 1. The minimum absolute atomic E-state index is 0.265. The van der Waals surface area contributed by atoms with Crippen molar-refractivity contribution in [3.05, 3.63) is 84.2 Å². The zero-order chi connectivity index (χ0) is 19.8. The largest absolute Gasteiger partial charge is 0.493 e. The number of nitrogens with one attached hydrogen (secondary N) is 1. The monoisotopic (exact) mass is 378 g/mol. The summed E-state index contributed by atoms with van der Waals surface area (Å²) in [4.78, 5) is 16.7. The first-order valence-corrected chi connectivity index (χ1v) is 8.79. The lowest BCUT2D eigenvalue weighted by molar-refractivity contribution is -0.126. The highest BCUT2D eigenvalue weighted by Crippen LogP contribution is 2.31. The van der Waals surface area contributed by atoms with Crippen molar-refractivity contribution >= 4 is 11.6 Å². The van der Waals surface area contributed by atoms with E-state index in [0.29, 0.717) is 23.8 Å². The smallest absolute Gasteiger partial charge is 0.258 e. The average molecular weight is 378 g/mol. The number of rotatable bonds is 8. The number of nitrogens with zero attached hydrogens (tertiary/aromatic N) is 1. The summed E-state index contributed by atoms with van der Waals surface area (Å²) in [7, 11) is 3.08. The van der Waals surface area contributed by atoms with Crippen LogP contribution in [0.4, 0.5) is 5.69 Å². The Morgan fingerprint density at radius 3 is 2.43 bits per heavy atom. The summed E-state index contributed by atoms with van der Waals surface area (Å²) in [5.41, 5.74) is 2.36. The van der Waals surface area contributed by atoms with Crippen LogP contribution in [0.25, 0.3) is 0 Å². The van der Waals surface area contributed by atoms with Crippen LogP contribution in [0.2, 0.25) is 0 Å². The highest BCUT2D eigenvalue weighted by atomic mass is 16.5. The molecule has 1 N–H and O–H groups in total. The first-order chi connectivity index (χ1) is 13.7. The number of carbonyl (C=O) groups is 1. The van der Waals surface area contributed by atoms with Gasteiger partial charge in [0.25, 0.3) is 5.91 Å². The molecule has 0 saturated heterocycles. The molecule has 3 rings (SSSR count). The Morgan fingerprint density at radius 2 is 1.75 bits per heavy atom. The Labute approximate surface area is 164 Å². The normalized spacial score (nSPS) is 11.5. The molecule has 3 aromatic rings. The van der Waals surface area contributed by atoms with Crippen molar-refractivity contribution in [2.45, 2.75) is 12.7 Å². The van der Waals surface area contributed by atoms with E-state index in [4.69, 9.17) is 14.2 Å². The van der Waals surface area contributed by atoms with Gasteiger partial charge in [0.2, 0.25) is 0 Å². The first-order valence-electron chi connectivity index (χ1n) is 8.79. The van der Waals surface area contributed by atoms with E-state index in [1.165, 1.54) is 7.11 Å². The van der Waals surface area contributed by atoms with Gasteiger partial charge in [-0.3, -0.25) is 9.78 Å². The lowest BCUT2D eigenvalue weighted by Gasteiger charge is -2.17. The molecule has 1 unspecified atom stereocenters. The van der Waals surface area contributed by atoms with Gasteiger partial charge in [-0.1, -0.05) is 30.3 Å². The Morgan fingerprint density at radius 1 is 1.00 bits per heavy atom. The van der Waals surface area contributed by atoms with Crippen LogP contribution in [-0.4, -0.2) is 25.1 Å². The van der Waals surface area contributed by atoms with Gasteiger partial charge < -0.3 is 19.5 Å². The molecule has 0 bridgehead atoms. The second-order valence-corrected chi connectivity index (χ2v) is 6.03. The number of hydrogen-bond acceptors (Lipinski definition) is 5. The maximum atomic E-state index is 12.7. The van der Waals surface area contributed by atoms with Gasteiger partial charge in [-0.05, 0) is 35.4 Å². The molecule has 0 saturated carbocycles. The van der Waals surface area contributed by atoms with E-state index in [9.17, 15) is 4.79 Å². The van der Waals surface area contributed by atoms with Crippen LogP contribution in [-0.2, 0) is 16.1 Å². The van der Waals surface area contributed by atoms with Gasteiger partial charge in [-0.15, -0.1) is 0 Å². The van der Waals surface area contributed by atoms with Crippen molar-refractivity contribution in [2.75, 3.05) is 19.5 Å². The van der Waals surface area contributed by atoms with Crippen LogP contribution in [0, 0.1) is 0 Å². The summed E-state index contributed by atoms with van der Waals surface area (Å²) in [6.45, 7) is 0.362. The first kappa shape index (κ1) is 19.4. The summed E-state index contributed by atoms with van der Waals surface area (Å²) >= 11 is 0. The molecule has 1 aromatic heterocycles. The molecule has 0 aliphatic heterocycles. The topological polar surface area (TPSA) is 69.7 Å². The molecule has 1 atom stereocenters. The molecule has 2 aromatic carbocycles. The van der Waals surface area contributed by atoms with E-state index in [-0.39, 0.29) is 5.91 Å². The van der Waals surface area contributed by atoms with Crippen molar-refractivity contribution in [1.29, 1.82) is 0 Å². The molecule has 1 heterocycles. The van der Waals surface area contributed by atoms with Gasteiger partial charge in [0.15, 0.2) is 17.6 Å². The van der Waals surface area contributed by atoms with Gasteiger partial charge in [0.05, 0.1) is 7.11 Å². The van der Waals surface area contributed by atoms with Crippen molar-refractivity contribution in [1.82, 2.24) is 4.98 Å². The third-order valence-corrected chi connectivity index (χ3v) is 4.15. The summed E-state index contributed by atoms with van der Waals surface area (Å²) in [5, 5.41) is 2.87. The molecular formula is C22H22N2O4. The zero-order valence-electron chi connectivity index (χ0n) is 15.8. The molecule has 6 heteroatoms. The van der Waals surface area contributed by atoms with E-state index in [1.807, 2.05) is 42.5 Å². The quantitative estimate of drug-likeness (QED) is 0.642. The standard InChI is InChI=1S/C22H22N2O4/c1-26-19-9-8-18(14-20(19)28-15-16-10-12-23-13-11-16)24-22(25)21(27-2)17-6-4-3-5-7-17/h3-14,21H,15H2,1-2H3,(H,24,25). The van der Waals surface area contributed by atoms with Crippen LogP contribution in [0.15, 0.2) is 73.1 Å². The molecular weight excluding hydrogens is 356 g/mol. The molecule has 1 amide bonds. The fraction of sp³-hybridized carbons (Fsp3) is 0.182. The highest BCUT2D eigenvalue weighted by molar-refractivity contribution is 5.95. The van der Waals surface area contributed by atoms with Crippen LogP contribution >= 0.6 is 0 Å². The lowest BCUT2D eigenvalue weighted by Crippen LogP contribution is -2.22. The number of anilines is 1. The second kappa shape index (κ2) is 9.53. The van der Waals surface area contributed by atoms with Crippen molar-refractivity contribution in [3.8, 4) is 11.5 Å². The SMILES string of the molecule is COc1ccc(NC(=O)C(OC)c2ccccc2)cc1OCc1ccncc1. The van der Waals surface area contributed by atoms with Gasteiger partial charge >= 0.3 is 0 Å². The number of carbonyl (C=O) groups excluding carboxylic acids is 1. The minimum Gasteiger partial charge on any atom is -0.493 e. The fourth-order valence-corrected chi connectivity index (χ4v) is 2.74. The number of hydrogen-bond donors (Lipinski definition) is 1. The molecule has 0 aliphatic carbocycles. The van der Waals surface area contributed by atoms with Gasteiger partial charge in [-0.2, -0.15) is 0 Å². The second-order valence-electron chi connectivity index (χ2n) is 6.03. The molecule has 144 valence electrons. The number of benzene rings is 2. The molecule has 0 aliphatic rings. The Balaban J connectivity index is 1.74. The van der Waals surface area contributed by atoms with E-state index in [2.05, 4.69) is 10.3 Å². The van der Waals surface area contributed by atoms with E-state index < -0.39 is 6.10 Å². The third kappa shape index (κ3) is 4.86. The van der Waals surface area contributed by atoms with Gasteiger partial charge in [0.1, 0.15) is 6.61 Å².